The van der Waals surface area contributed by atoms with Gasteiger partial charge in [0.05, 0.1) is 5.56 Å². The molecule has 1 aromatic rings. The fourth-order valence-corrected chi connectivity index (χ4v) is 3.38. The van der Waals surface area contributed by atoms with Crippen LogP contribution in [-0.4, -0.2) is 42.1 Å². The van der Waals surface area contributed by atoms with Crippen molar-refractivity contribution in [1.82, 2.24) is 9.88 Å². The van der Waals surface area contributed by atoms with Gasteiger partial charge in [-0.2, -0.15) is 5.26 Å². The van der Waals surface area contributed by atoms with E-state index in [1.54, 1.807) is 6.20 Å². The number of hydrogen-bond donors (Lipinski definition) is 0. The molecule has 2 fully saturated rings. The smallest absolute Gasteiger partial charge is 0.128 e. The van der Waals surface area contributed by atoms with E-state index in [0.29, 0.717) is 5.56 Å². The lowest BCUT2D eigenvalue weighted by Gasteiger charge is -2.40. The van der Waals surface area contributed by atoms with Crippen molar-refractivity contribution in [2.24, 2.45) is 0 Å². The molecule has 3 rings (SSSR count). The monoisotopic (exact) mass is 270 g/mol. The second kappa shape index (κ2) is 6.23. The summed E-state index contributed by atoms with van der Waals surface area (Å²) in [6, 6.07) is 6.72. The number of piperidine rings is 2. The van der Waals surface area contributed by atoms with Gasteiger partial charge in [-0.25, -0.2) is 4.98 Å². The summed E-state index contributed by atoms with van der Waals surface area (Å²) in [7, 11) is 0. The third-order valence-electron chi connectivity index (χ3n) is 4.57. The number of rotatable bonds is 2. The largest absolute Gasteiger partial charge is 0.357 e. The van der Waals surface area contributed by atoms with E-state index < -0.39 is 0 Å². The maximum atomic E-state index is 8.81. The van der Waals surface area contributed by atoms with E-state index in [1.165, 1.54) is 45.2 Å². The highest BCUT2D eigenvalue weighted by Crippen LogP contribution is 2.23. The summed E-state index contributed by atoms with van der Waals surface area (Å²) < 4.78 is 0. The molecular formula is C16H22N4. The van der Waals surface area contributed by atoms with E-state index >= 15 is 0 Å². The van der Waals surface area contributed by atoms with Gasteiger partial charge >= 0.3 is 0 Å². The first-order valence-corrected chi connectivity index (χ1v) is 7.72. The molecule has 0 unspecified atom stereocenters. The second-order valence-corrected chi connectivity index (χ2v) is 5.83. The number of anilines is 1. The van der Waals surface area contributed by atoms with Crippen LogP contribution in [0.5, 0.6) is 0 Å². The lowest BCUT2D eigenvalue weighted by molar-refractivity contribution is 0.141. The number of hydrogen-bond acceptors (Lipinski definition) is 4. The lowest BCUT2D eigenvalue weighted by atomic mass is 10.00. The van der Waals surface area contributed by atoms with E-state index in [2.05, 4.69) is 20.9 Å². The summed E-state index contributed by atoms with van der Waals surface area (Å²) >= 11 is 0. The number of aromatic nitrogens is 1. The fraction of sp³-hybridized carbons (Fsp3) is 0.625. The number of nitrogens with zero attached hydrogens (tertiary/aromatic N) is 4. The van der Waals surface area contributed by atoms with Gasteiger partial charge in [0.2, 0.25) is 0 Å². The first-order chi connectivity index (χ1) is 9.86. The lowest BCUT2D eigenvalue weighted by Crippen LogP contribution is -2.46. The quantitative estimate of drug-likeness (QED) is 0.827. The molecule has 106 valence electrons. The maximum Gasteiger partial charge on any atom is 0.128 e. The van der Waals surface area contributed by atoms with Crippen LogP contribution in [0.15, 0.2) is 18.3 Å². The molecule has 2 aliphatic rings. The van der Waals surface area contributed by atoms with Crippen molar-refractivity contribution in [3.05, 3.63) is 23.9 Å². The molecule has 0 spiro atoms. The maximum absolute atomic E-state index is 8.81. The Morgan fingerprint density at radius 2 is 1.80 bits per heavy atom. The van der Waals surface area contributed by atoms with Gasteiger partial charge in [0, 0.05) is 25.3 Å². The molecule has 0 aromatic carbocycles. The van der Waals surface area contributed by atoms with Crippen molar-refractivity contribution < 1.29 is 0 Å². The highest BCUT2D eigenvalue weighted by molar-refractivity contribution is 5.42. The third kappa shape index (κ3) is 2.94. The van der Waals surface area contributed by atoms with Crippen molar-refractivity contribution in [2.45, 2.75) is 38.1 Å². The average molecular weight is 270 g/mol. The van der Waals surface area contributed by atoms with Gasteiger partial charge in [-0.05, 0) is 50.9 Å². The Hall–Kier alpha value is -1.60. The van der Waals surface area contributed by atoms with Gasteiger partial charge in [0.1, 0.15) is 11.9 Å². The van der Waals surface area contributed by atoms with Crippen LogP contribution in [0.25, 0.3) is 0 Å². The van der Waals surface area contributed by atoms with E-state index in [0.717, 1.165) is 24.9 Å². The minimum Gasteiger partial charge on any atom is -0.357 e. The predicted octanol–water partition coefficient (Wildman–Crippen LogP) is 2.41. The van der Waals surface area contributed by atoms with Gasteiger partial charge < -0.3 is 9.80 Å². The van der Waals surface area contributed by atoms with Crippen LogP contribution in [0, 0.1) is 11.3 Å². The predicted molar refractivity (Wildman–Crippen MR) is 79.6 cm³/mol. The van der Waals surface area contributed by atoms with Crippen molar-refractivity contribution in [3.8, 4) is 6.07 Å². The Balaban J connectivity index is 1.56. The van der Waals surface area contributed by atoms with E-state index in [-0.39, 0.29) is 0 Å². The first-order valence-electron chi connectivity index (χ1n) is 7.72. The van der Waals surface area contributed by atoms with Gasteiger partial charge in [-0.1, -0.05) is 6.42 Å². The zero-order chi connectivity index (χ0) is 13.8. The summed E-state index contributed by atoms with van der Waals surface area (Å²) in [4.78, 5) is 9.44. The van der Waals surface area contributed by atoms with E-state index in [4.69, 9.17) is 5.26 Å². The molecule has 0 saturated carbocycles. The average Bonchev–Trinajstić information content (AvgIpc) is 2.56. The van der Waals surface area contributed by atoms with Crippen LogP contribution in [0.4, 0.5) is 5.82 Å². The van der Waals surface area contributed by atoms with Crippen LogP contribution >= 0.6 is 0 Å². The summed E-state index contributed by atoms with van der Waals surface area (Å²) in [5.74, 6) is 1.01. The molecule has 0 N–H and O–H groups in total. The molecule has 0 aliphatic carbocycles. The minimum absolute atomic E-state index is 0.636. The standard InChI is InChI=1S/C16H22N4/c17-12-14-4-5-16(18-13-14)20-10-6-15(7-11-20)19-8-2-1-3-9-19/h4-5,13,15H,1-3,6-11H2. The Morgan fingerprint density at radius 3 is 2.40 bits per heavy atom. The molecule has 4 heteroatoms. The number of likely N-dealkylation sites (tertiary alicyclic amines) is 1. The van der Waals surface area contributed by atoms with E-state index in [1.807, 2.05) is 12.1 Å². The normalized spacial score (nSPS) is 21.6. The topological polar surface area (TPSA) is 43.2 Å². The highest BCUT2D eigenvalue weighted by Gasteiger charge is 2.25. The molecule has 2 aliphatic heterocycles. The Bertz CT molecular complexity index is 462. The Morgan fingerprint density at radius 1 is 1.05 bits per heavy atom. The van der Waals surface area contributed by atoms with E-state index in [9.17, 15) is 0 Å². The molecule has 4 nitrogen and oxygen atoms in total. The summed E-state index contributed by atoms with van der Waals surface area (Å²) in [6.45, 7) is 4.75. The molecule has 0 radical (unpaired) electrons. The van der Waals surface area contributed by atoms with Gasteiger partial charge in [0.15, 0.2) is 0 Å². The fourth-order valence-electron chi connectivity index (χ4n) is 3.38. The van der Waals surface area contributed by atoms with Crippen LogP contribution < -0.4 is 4.90 Å². The minimum atomic E-state index is 0.636. The SMILES string of the molecule is N#Cc1ccc(N2CCC(N3CCCCC3)CC2)nc1. The molecule has 1 aromatic heterocycles. The number of nitriles is 1. The molecular weight excluding hydrogens is 248 g/mol. The summed E-state index contributed by atoms with van der Waals surface area (Å²) in [6.07, 6.45) is 8.30. The van der Waals surface area contributed by atoms with Gasteiger partial charge in [0.25, 0.3) is 0 Å². The van der Waals surface area contributed by atoms with Crippen molar-refractivity contribution in [1.29, 1.82) is 5.26 Å². The Labute approximate surface area is 121 Å². The van der Waals surface area contributed by atoms with Crippen LogP contribution in [0.3, 0.4) is 0 Å². The van der Waals surface area contributed by atoms with Gasteiger partial charge in [-0.15, -0.1) is 0 Å². The first kappa shape index (κ1) is 13.4. The summed E-state index contributed by atoms with van der Waals surface area (Å²) in [5, 5.41) is 8.81. The van der Waals surface area contributed by atoms with Gasteiger partial charge in [-0.3, -0.25) is 0 Å². The molecule has 3 heterocycles. The molecule has 0 bridgehead atoms. The molecule has 0 atom stereocenters. The Kier molecular flexibility index (Phi) is 4.17. The zero-order valence-electron chi connectivity index (χ0n) is 12.0. The second-order valence-electron chi connectivity index (χ2n) is 5.83. The van der Waals surface area contributed by atoms with Crippen LogP contribution in [-0.2, 0) is 0 Å². The van der Waals surface area contributed by atoms with Crippen molar-refractivity contribution >= 4 is 5.82 Å². The third-order valence-corrected chi connectivity index (χ3v) is 4.57. The van der Waals surface area contributed by atoms with Crippen molar-refractivity contribution in [2.75, 3.05) is 31.1 Å². The molecule has 0 amide bonds. The number of pyridine rings is 1. The summed E-state index contributed by atoms with van der Waals surface area (Å²) in [5.41, 5.74) is 0.636. The van der Waals surface area contributed by atoms with Crippen molar-refractivity contribution in [3.63, 3.8) is 0 Å². The molecule has 2 saturated heterocycles. The zero-order valence-corrected chi connectivity index (χ0v) is 12.0. The van der Waals surface area contributed by atoms with Crippen LogP contribution in [0.2, 0.25) is 0 Å². The highest BCUT2D eigenvalue weighted by atomic mass is 15.2. The molecule has 20 heavy (non-hydrogen) atoms. The van der Waals surface area contributed by atoms with Crippen LogP contribution in [0.1, 0.15) is 37.7 Å².